The Morgan fingerprint density at radius 1 is 0.805 bits per heavy atom. The fourth-order valence-electron chi connectivity index (χ4n) is 5.00. The van der Waals surface area contributed by atoms with Crippen LogP contribution in [0, 0.1) is 0 Å². The van der Waals surface area contributed by atoms with Crippen molar-refractivity contribution in [3.05, 3.63) is 46.1 Å². The number of aliphatic hydroxyl groups is 4. The largest absolute Gasteiger partial charge is 0.507 e. The zero-order chi connectivity index (χ0) is 29.9. The van der Waals surface area contributed by atoms with Crippen LogP contribution in [0.3, 0.4) is 0 Å². The van der Waals surface area contributed by atoms with Crippen molar-refractivity contribution < 1.29 is 64.3 Å². The van der Waals surface area contributed by atoms with Crippen LogP contribution in [0.1, 0.15) is 25.5 Å². The molecule has 5 rings (SSSR count). The average Bonchev–Trinajstić information content (AvgIpc) is 2.92. The van der Waals surface area contributed by atoms with Crippen LogP contribution in [-0.4, -0.2) is 95.7 Å². The Labute approximate surface area is 230 Å². The quantitative estimate of drug-likeness (QED) is 0.189. The van der Waals surface area contributed by atoms with Crippen LogP contribution in [0.2, 0.25) is 0 Å². The van der Waals surface area contributed by atoms with Gasteiger partial charge in [0.15, 0.2) is 29.0 Å². The number of aromatic hydroxyl groups is 4. The second-order valence-electron chi connectivity index (χ2n) is 10.0. The number of ether oxygens (including phenoxy) is 3. The van der Waals surface area contributed by atoms with Gasteiger partial charge in [0.2, 0.25) is 0 Å². The lowest BCUT2D eigenvalue weighted by molar-refractivity contribution is -0.323. The highest BCUT2D eigenvalue weighted by molar-refractivity contribution is 5.90. The molecule has 3 aromatic rings. The van der Waals surface area contributed by atoms with Gasteiger partial charge in [0, 0.05) is 17.7 Å². The van der Waals surface area contributed by atoms with Crippen LogP contribution in [0.15, 0.2) is 39.5 Å². The summed E-state index contributed by atoms with van der Waals surface area (Å²) < 4.78 is 22.5. The molecule has 2 aromatic carbocycles. The fourth-order valence-corrected chi connectivity index (χ4v) is 5.00. The molecule has 14 heteroatoms. The fraction of sp³-hybridized carbons (Fsp3) is 0.407. The zero-order valence-electron chi connectivity index (χ0n) is 21.6. The highest BCUT2D eigenvalue weighted by Crippen LogP contribution is 2.45. The molecule has 1 aromatic heterocycles. The van der Waals surface area contributed by atoms with Crippen molar-refractivity contribution in [3.63, 3.8) is 0 Å². The van der Waals surface area contributed by atoms with E-state index in [1.807, 2.05) is 0 Å². The van der Waals surface area contributed by atoms with Gasteiger partial charge in [-0.1, -0.05) is 0 Å². The SMILES string of the molecule is C[C@@H]1O[C@H](c2c(O)cc3oc(-c4ccc(O)c(O)c4)cc(=O)c3c2O)[C@@H](O[C@@H]2O[C@@H](C)[C@H](O)[C@@H](O)[C@@H]2O)[C@H](O)C1=O. The van der Waals surface area contributed by atoms with Gasteiger partial charge >= 0.3 is 0 Å². The molecule has 0 spiro atoms. The number of benzene rings is 2. The molecule has 0 saturated carbocycles. The highest BCUT2D eigenvalue weighted by Gasteiger charge is 2.50. The second kappa shape index (κ2) is 10.6. The summed E-state index contributed by atoms with van der Waals surface area (Å²) in [7, 11) is 0. The number of carbonyl (C=O) groups is 1. The van der Waals surface area contributed by atoms with E-state index in [0.29, 0.717) is 0 Å². The molecule has 3 heterocycles. The third-order valence-electron chi connectivity index (χ3n) is 7.31. The first-order chi connectivity index (χ1) is 19.3. The summed E-state index contributed by atoms with van der Waals surface area (Å²) in [6.45, 7) is 2.70. The minimum atomic E-state index is -1.92. The van der Waals surface area contributed by atoms with E-state index >= 15 is 0 Å². The van der Waals surface area contributed by atoms with Gasteiger partial charge in [0.25, 0.3) is 0 Å². The third kappa shape index (κ3) is 4.89. The van der Waals surface area contributed by atoms with Crippen molar-refractivity contribution in [2.75, 3.05) is 0 Å². The van der Waals surface area contributed by atoms with Gasteiger partial charge in [-0.3, -0.25) is 9.59 Å². The maximum atomic E-state index is 13.1. The lowest BCUT2D eigenvalue weighted by Gasteiger charge is -2.44. The van der Waals surface area contributed by atoms with Crippen LogP contribution >= 0.6 is 0 Å². The Morgan fingerprint density at radius 2 is 1.51 bits per heavy atom. The monoisotopic (exact) mass is 576 g/mol. The lowest BCUT2D eigenvalue weighted by atomic mass is 9.90. The summed E-state index contributed by atoms with van der Waals surface area (Å²) in [5, 5.41) is 82.5. The minimum absolute atomic E-state index is 0.0626. The van der Waals surface area contributed by atoms with Crippen molar-refractivity contribution in [2.24, 2.45) is 0 Å². The molecule has 220 valence electrons. The molecule has 0 radical (unpaired) electrons. The Balaban J connectivity index is 1.58. The van der Waals surface area contributed by atoms with Crippen molar-refractivity contribution in [2.45, 2.75) is 69.0 Å². The van der Waals surface area contributed by atoms with Gasteiger partial charge in [0.1, 0.15) is 71.0 Å². The maximum absolute atomic E-state index is 13.1. The molecule has 8 N–H and O–H groups in total. The molecule has 41 heavy (non-hydrogen) atoms. The zero-order valence-corrected chi connectivity index (χ0v) is 21.6. The third-order valence-corrected chi connectivity index (χ3v) is 7.31. The van der Waals surface area contributed by atoms with Crippen molar-refractivity contribution in [3.8, 4) is 34.3 Å². The molecule has 2 fully saturated rings. The number of hydrogen-bond acceptors (Lipinski definition) is 14. The number of rotatable bonds is 4. The summed E-state index contributed by atoms with van der Waals surface area (Å²) in [6.07, 6.45) is -14.2. The van der Waals surface area contributed by atoms with Gasteiger partial charge in [0.05, 0.1) is 11.7 Å². The molecule has 2 aliphatic rings. The lowest BCUT2D eigenvalue weighted by Crippen LogP contribution is -2.60. The van der Waals surface area contributed by atoms with E-state index in [2.05, 4.69) is 0 Å². The van der Waals surface area contributed by atoms with E-state index in [1.54, 1.807) is 0 Å². The topological polar surface area (TPSA) is 237 Å². The summed E-state index contributed by atoms with van der Waals surface area (Å²) >= 11 is 0. The molecule has 0 bridgehead atoms. The molecular weight excluding hydrogens is 548 g/mol. The van der Waals surface area contributed by atoms with Crippen LogP contribution in [-0.2, 0) is 19.0 Å². The van der Waals surface area contributed by atoms with Crippen molar-refractivity contribution in [1.82, 2.24) is 0 Å². The van der Waals surface area contributed by atoms with Gasteiger partial charge in [-0.05, 0) is 32.0 Å². The molecular formula is C27H28O14. The van der Waals surface area contributed by atoms with E-state index in [9.17, 15) is 50.4 Å². The average molecular weight is 577 g/mol. The van der Waals surface area contributed by atoms with Crippen molar-refractivity contribution in [1.29, 1.82) is 0 Å². The molecule has 2 aliphatic heterocycles. The van der Waals surface area contributed by atoms with Gasteiger partial charge in [-0.2, -0.15) is 0 Å². The normalized spacial score (nSPS) is 32.3. The molecule has 0 unspecified atom stereocenters. The van der Waals surface area contributed by atoms with Gasteiger partial charge in [-0.25, -0.2) is 0 Å². The number of Topliss-reactive ketones (excluding diaryl/α,β-unsaturated/α-hetero) is 1. The van der Waals surface area contributed by atoms with Crippen LogP contribution in [0.5, 0.6) is 23.0 Å². The first-order valence-electron chi connectivity index (χ1n) is 12.6. The van der Waals surface area contributed by atoms with E-state index in [1.165, 1.54) is 26.0 Å². The smallest absolute Gasteiger partial charge is 0.197 e. The second-order valence-corrected chi connectivity index (χ2v) is 10.0. The summed E-state index contributed by atoms with van der Waals surface area (Å²) in [4.78, 5) is 25.7. The first-order valence-corrected chi connectivity index (χ1v) is 12.6. The number of fused-ring (bicyclic) bond motifs is 1. The number of phenols is 4. The molecule has 2 saturated heterocycles. The molecule has 0 amide bonds. The summed E-state index contributed by atoms with van der Waals surface area (Å²) in [6, 6.07) is 5.69. The van der Waals surface area contributed by atoms with Crippen molar-refractivity contribution >= 4 is 16.8 Å². The minimum Gasteiger partial charge on any atom is -0.507 e. The van der Waals surface area contributed by atoms with E-state index < -0.39 is 100 Å². The van der Waals surface area contributed by atoms with Crippen LogP contribution in [0.4, 0.5) is 0 Å². The number of aliphatic hydroxyl groups excluding tert-OH is 4. The highest BCUT2D eigenvalue weighted by atomic mass is 16.7. The molecule has 9 atom stereocenters. The van der Waals surface area contributed by atoms with Crippen LogP contribution in [0.25, 0.3) is 22.3 Å². The Bertz CT molecular complexity index is 1550. The Morgan fingerprint density at radius 3 is 2.20 bits per heavy atom. The number of ketones is 1. The van der Waals surface area contributed by atoms with Crippen LogP contribution < -0.4 is 5.43 Å². The Kier molecular flexibility index (Phi) is 7.42. The summed E-state index contributed by atoms with van der Waals surface area (Å²) in [5.74, 6) is -3.25. The first kappa shape index (κ1) is 28.8. The van der Waals surface area contributed by atoms with Gasteiger partial charge in [-0.15, -0.1) is 0 Å². The number of phenolic OH excluding ortho intramolecular Hbond substituents is 4. The number of carbonyl (C=O) groups excluding carboxylic acids is 1. The van der Waals surface area contributed by atoms with E-state index in [-0.39, 0.29) is 16.9 Å². The van der Waals surface area contributed by atoms with E-state index in [4.69, 9.17) is 18.6 Å². The molecule has 0 aliphatic carbocycles. The Hall–Kier alpha value is -3.76. The predicted molar refractivity (Wildman–Crippen MR) is 136 cm³/mol. The van der Waals surface area contributed by atoms with E-state index in [0.717, 1.165) is 18.2 Å². The van der Waals surface area contributed by atoms with Gasteiger partial charge < -0.3 is 59.5 Å². The molecule has 14 nitrogen and oxygen atoms in total. The maximum Gasteiger partial charge on any atom is 0.197 e. The standard InChI is InChI=1S/C27H28O14/c1-8-20(33)23(36)26(41-27-24(37)22(35)19(32)9(2)39-27)25(38-8)18-14(31)7-16-17(21(18)34)13(30)6-15(40-16)10-3-4-11(28)12(29)5-10/h3-9,19,22-29,31-32,34-37H,1-2H3/t8-,9-,19-,22+,23+,24-,25+,26-,27-/m0/s1. The summed E-state index contributed by atoms with van der Waals surface area (Å²) in [5.41, 5.74) is -1.28. The predicted octanol–water partition coefficient (Wildman–Crippen LogP) is -0.115. The number of hydrogen-bond donors (Lipinski definition) is 8.